The first-order chi connectivity index (χ1) is 13.4. The maximum atomic E-state index is 12.4. The largest absolute Gasteiger partial charge is 0.508 e. The van der Waals surface area contributed by atoms with Gasteiger partial charge in [-0.3, -0.25) is 9.78 Å². The maximum absolute atomic E-state index is 12.4. The molecule has 28 heavy (non-hydrogen) atoms. The lowest BCUT2D eigenvalue weighted by atomic mass is 10.00. The van der Waals surface area contributed by atoms with Crippen molar-refractivity contribution in [2.75, 3.05) is 0 Å². The van der Waals surface area contributed by atoms with E-state index in [1.165, 1.54) is 0 Å². The van der Waals surface area contributed by atoms with Crippen LogP contribution in [0.15, 0.2) is 63.2 Å². The number of aromatic hydroxyl groups is 2. The molecule has 0 aliphatic carbocycles. The fourth-order valence-corrected chi connectivity index (χ4v) is 3.27. The highest BCUT2D eigenvalue weighted by Gasteiger charge is 2.27. The number of phenols is 1. The minimum atomic E-state index is -0.773. The van der Waals surface area contributed by atoms with Gasteiger partial charge in [0, 0.05) is 11.4 Å². The number of halogens is 1. The number of aromatic amines is 1. The first kappa shape index (κ1) is 17.9. The molecule has 0 fully saturated rings. The third kappa shape index (κ3) is 3.14. The third-order valence-corrected chi connectivity index (χ3v) is 4.74. The fourth-order valence-electron chi connectivity index (χ4n) is 3.15. The summed E-state index contributed by atoms with van der Waals surface area (Å²) >= 11 is 5.87. The van der Waals surface area contributed by atoms with Crippen molar-refractivity contribution in [3.05, 3.63) is 85.5 Å². The number of hydrogen-bond acceptors (Lipinski definition) is 6. The Morgan fingerprint density at radius 2 is 1.86 bits per heavy atom. The highest BCUT2D eigenvalue weighted by molar-refractivity contribution is 6.30. The zero-order valence-electron chi connectivity index (χ0n) is 14.4. The molecule has 0 radical (unpaired) electrons. The summed E-state index contributed by atoms with van der Waals surface area (Å²) in [5.74, 6) is -0.391. The molecule has 2 heterocycles. The van der Waals surface area contributed by atoms with Crippen LogP contribution in [0.25, 0.3) is 5.69 Å². The quantitative estimate of drug-likeness (QED) is 0.538. The summed E-state index contributed by atoms with van der Waals surface area (Å²) in [6.07, 6.45) is 0.291. The summed E-state index contributed by atoms with van der Waals surface area (Å²) in [6, 6.07) is 12.6. The van der Waals surface area contributed by atoms with Gasteiger partial charge < -0.3 is 15.6 Å². The Labute approximate surface area is 163 Å². The molecule has 0 amide bonds. The Morgan fingerprint density at radius 3 is 2.57 bits per heavy atom. The van der Waals surface area contributed by atoms with Crippen molar-refractivity contribution < 1.29 is 10.2 Å². The Balaban J connectivity index is 1.75. The maximum Gasteiger partial charge on any atom is 0.335 e. The molecule has 0 bridgehead atoms. The molecule has 4 N–H and O–H groups in total. The van der Waals surface area contributed by atoms with E-state index in [0.29, 0.717) is 22.8 Å². The van der Waals surface area contributed by atoms with Gasteiger partial charge in [-0.05, 0) is 42.0 Å². The lowest BCUT2D eigenvalue weighted by molar-refractivity contribution is 0.429. The predicted octanol–water partition coefficient (Wildman–Crippen LogP) is 2.03. The van der Waals surface area contributed by atoms with Crippen LogP contribution in [0.1, 0.15) is 23.6 Å². The van der Waals surface area contributed by atoms with E-state index in [2.05, 4.69) is 15.5 Å². The Bertz CT molecular complexity index is 1200. The first-order valence-corrected chi connectivity index (χ1v) is 8.77. The van der Waals surface area contributed by atoms with Crippen LogP contribution in [-0.4, -0.2) is 25.5 Å². The van der Waals surface area contributed by atoms with E-state index >= 15 is 0 Å². The molecular formula is C19H15ClN4O4. The summed E-state index contributed by atoms with van der Waals surface area (Å²) in [6.45, 7) is 0. The summed E-state index contributed by atoms with van der Waals surface area (Å²) < 4.78 is 0.983. The van der Waals surface area contributed by atoms with Crippen molar-refractivity contribution in [2.45, 2.75) is 12.5 Å². The second-order valence-electron chi connectivity index (χ2n) is 6.31. The van der Waals surface area contributed by atoms with Gasteiger partial charge in [-0.1, -0.05) is 23.7 Å². The highest BCUT2D eigenvalue weighted by atomic mass is 35.5. The number of hydrazone groups is 1. The Kier molecular flexibility index (Phi) is 4.40. The van der Waals surface area contributed by atoms with Crippen molar-refractivity contribution in [1.29, 1.82) is 0 Å². The molecule has 0 saturated heterocycles. The summed E-state index contributed by atoms with van der Waals surface area (Å²) in [5, 5.41) is 25.0. The summed E-state index contributed by atoms with van der Waals surface area (Å²) in [5.41, 5.74) is 2.72. The molecule has 3 aromatic rings. The number of hydrogen-bond donors (Lipinski definition) is 4. The van der Waals surface area contributed by atoms with Gasteiger partial charge >= 0.3 is 5.69 Å². The average Bonchev–Trinajstić information content (AvgIpc) is 3.12. The van der Waals surface area contributed by atoms with Crippen LogP contribution in [0, 0.1) is 0 Å². The zero-order valence-corrected chi connectivity index (χ0v) is 15.1. The van der Waals surface area contributed by atoms with Crippen molar-refractivity contribution in [3.63, 3.8) is 0 Å². The second-order valence-corrected chi connectivity index (χ2v) is 6.75. The topological polar surface area (TPSA) is 120 Å². The van der Waals surface area contributed by atoms with Gasteiger partial charge in [0.05, 0.1) is 17.4 Å². The van der Waals surface area contributed by atoms with E-state index in [4.69, 9.17) is 11.6 Å². The van der Waals surface area contributed by atoms with Gasteiger partial charge in [0.25, 0.3) is 5.56 Å². The van der Waals surface area contributed by atoms with Crippen molar-refractivity contribution in [3.8, 4) is 17.3 Å². The van der Waals surface area contributed by atoms with Crippen molar-refractivity contribution >= 4 is 17.3 Å². The van der Waals surface area contributed by atoms with E-state index < -0.39 is 17.1 Å². The standard InChI is InChI=1S/C19H15ClN4O4/c20-11-4-6-12(7-5-11)24-18(27)16(17(26)21-19(24)28)15-9-14(22-23-15)10-2-1-3-13(25)8-10/h1-8,14,22,25,27H,9H2,(H,21,26,28)/t14-/m1/s1. The van der Waals surface area contributed by atoms with Gasteiger partial charge in [0.2, 0.25) is 5.88 Å². The lowest BCUT2D eigenvalue weighted by Crippen LogP contribution is -2.33. The van der Waals surface area contributed by atoms with Gasteiger partial charge in [-0.15, -0.1) is 0 Å². The van der Waals surface area contributed by atoms with E-state index in [-0.39, 0.29) is 17.4 Å². The van der Waals surface area contributed by atoms with Gasteiger partial charge in [0.15, 0.2) is 0 Å². The summed E-state index contributed by atoms with van der Waals surface area (Å²) in [7, 11) is 0. The van der Waals surface area contributed by atoms with Crippen LogP contribution < -0.4 is 16.7 Å². The van der Waals surface area contributed by atoms with Gasteiger partial charge in [-0.2, -0.15) is 5.10 Å². The molecule has 142 valence electrons. The molecule has 4 rings (SSSR count). The van der Waals surface area contributed by atoms with E-state index in [1.807, 2.05) is 6.07 Å². The Hall–Kier alpha value is -3.52. The minimum Gasteiger partial charge on any atom is -0.508 e. The average molecular weight is 399 g/mol. The SMILES string of the molecule is O=c1[nH]c(=O)n(-c2ccc(Cl)cc2)c(O)c1C1=NN[C@@H](c2cccc(O)c2)C1. The molecule has 1 aliphatic rings. The van der Waals surface area contributed by atoms with Crippen LogP contribution in [0.2, 0.25) is 5.02 Å². The van der Waals surface area contributed by atoms with E-state index in [9.17, 15) is 19.8 Å². The molecule has 8 nitrogen and oxygen atoms in total. The molecule has 0 unspecified atom stereocenters. The van der Waals surface area contributed by atoms with E-state index in [0.717, 1.165) is 10.1 Å². The van der Waals surface area contributed by atoms with Crippen LogP contribution >= 0.6 is 11.6 Å². The number of nitrogens with one attached hydrogen (secondary N) is 2. The number of nitrogens with zero attached hydrogens (tertiary/aromatic N) is 2. The van der Waals surface area contributed by atoms with Gasteiger partial charge in [-0.25, -0.2) is 9.36 Å². The number of H-pyrrole nitrogens is 1. The van der Waals surface area contributed by atoms with Crippen LogP contribution in [0.5, 0.6) is 11.6 Å². The third-order valence-electron chi connectivity index (χ3n) is 4.48. The smallest absolute Gasteiger partial charge is 0.335 e. The molecule has 0 spiro atoms. The monoisotopic (exact) mass is 398 g/mol. The number of aromatic nitrogens is 2. The lowest BCUT2D eigenvalue weighted by Gasteiger charge is -2.12. The number of rotatable bonds is 3. The predicted molar refractivity (Wildman–Crippen MR) is 104 cm³/mol. The Morgan fingerprint density at radius 1 is 1.11 bits per heavy atom. The van der Waals surface area contributed by atoms with Crippen molar-refractivity contribution in [2.24, 2.45) is 5.10 Å². The zero-order chi connectivity index (χ0) is 19.8. The van der Waals surface area contributed by atoms with Gasteiger partial charge in [0.1, 0.15) is 11.3 Å². The molecule has 1 aromatic heterocycles. The van der Waals surface area contributed by atoms with Crippen LogP contribution in [0.3, 0.4) is 0 Å². The molecule has 2 aromatic carbocycles. The molecule has 1 atom stereocenters. The minimum absolute atomic E-state index is 0.0929. The number of benzene rings is 2. The van der Waals surface area contributed by atoms with E-state index in [1.54, 1.807) is 42.5 Å². The molecule has 0 saturated carbocycles. The van der Waals surface area contributed by atoms with Crippen LogP contribution in [0.4, 0.5) is 0 Å². The molecule has 9 heteroatoms. The summed E-state index contributed by atoms with van der Waals surface area (Å²) in [4.78, 5) is 26.9. The molecule has 1 aliphatic heterocycles. The number of phenolic OH excluding ortho intramolecular Hbond substituents is 1. The second kappa shape index (κ2) is 6.90. The molecular weight excluding hydrogens is 384 g/mol. The van der Waals surface area contributed by atoms with Crippen molar-refractivity contribution in [1.82, 2.24) is 15.0 Å². The fraction of sp³-hybridized carbons (Fsp3) is 0.105. The van der Waals surface area contributed by atoms with Crippen LogP contribution in [-0.2, 0) is 0 Å². The first-order valence-electron chi connectivity index (χ1n) is 8.39. The highest BCUT2D eigenvalue weighted by Crippen LogP contribution is 2.28. The normalized spacial score (nSPS) is 15.9.